The lowest BCUT2D eigenvalue weighted by atomic mass is 10.2. The van der Waals surface area contributed by atoms with E-state index in [1.165, 1.54) is 12.1 Å². The minimum Gasteiger partial charge on any atom is -0.207 e. The molecule has 0 heterocycles. The van der Waals surface area contributed by atoms with Crippen LogP contribution in [0, 0.1) is 24.2 Å². The van der Waals surface area contributed by atoms with Crippen molar-refractivity contribution < 1.29 is 4.39 Å². The van der Waals surface area contributed by atoms with Gasteiger partial charge in [0.1, 0.15) is 5.82 Å². The molecule has 0 saturated carbocycles. The monoisotopic (exact) mass is 119 g/mol. The summed E-state index contributed by atoms with van der Waals surface area (Å²) in [6.45, 7) is 0. The molecule has 1 aromatic carbocycles. The zero-order chi connectivity index (χ0) is 6.69. The Morgan fingerprint density at radius 3 is 2.78 bits per heavy atom. The summed E-state index contributed by atoms with van der Waals surface area (Å²) in [5.74, 6) is 1.95. The molecule has 0 aliphatic rings. The third-order valence-electron chi connectivity index (χ3n) is 0.920. The average Bonchev–Trinajstić information content (AvgIpc) is 1.88. The molecule has 0 saturated heterocycles. The highest BCUT2D eigenvalue weighted by atomic mass is 19.1. The lowest BCUT2D eigenvalue weighted by Crippen LogP contribution is -1.75. The Morgan fingerprint density at radius 2 is 2.33 bits per heavy atom. The molecule has 0 aromatic heterocycles. The van der Waals surface area contributed by atoms with Gasteiger partial charge in [-0.05, 0) is 24.3 Å². The third kappa shape index (κ3) is 1.30. The predicted octanol–water partition coefficient (Wildman–Crippen LogP) is 1.61. The third-order valence-corrected chi connectivity index (χ3v) is 0.920. The summed E-state index contributed by atoms with van der Waals surface area (Å²) < 4.78 is 12.2. The van der Waals surface area contributed by atoms with Crippen LogP contribution in [0.25, 0.3) is 0 Å². The Bertz CT molecular complexity index is 245. The molecule has 1 radical (unpaired) electrons. The van der Waals surface area contributed by atoms with E-state index in [0.717, 1.165) is 0 Å². The number of hydrogen-bond acceptors (Lipinski definition) is 0. The van der Waals surface area contributed by atoms with Crippen molar-refractivity contribution in [2.24, 2.45) is 0 Å². The first-order chi connectivity index (χ1) is 4.33. The average molecular weight is 119 g/mol. The Morgan fingerprint density at radius 1 is 1.56 bits per heavy atom. The van der Waals surface area contributed by atoms with Gasteiger partial charge in [-0.15, -0.1) is 6.42 Å². The molecule has 9 heavy (non-hydrogen) atoms. The number of benzene rings is 1. The van der Waals surface area contributed by atoms with Crippen LogP contribution in [-0.4, -0.2) is 0 Å². The molecule has 0 spiro atoms. The lowest BCUT2D eigenvalue weighted by molar-refractivity contribution is 0.627. The Hall–Kier alpha value is -1.29. The Labute approximate surface area is 53.3 Å². The predicted molar refractivity (Wildman–Crippen MR) is 33.2 cm³/mol. The molecule has 0 atom stereocenters. The van der Waals surface area contributed by atoms with Gasteiger partial charge >= 0.3 is 0 Å². The molecule has 0 aliphatic carbocycles. The van der Waals surface area contributed by atoms with E-state index in [0.29, 0.717) is 5.56 Å². The van der Waals surface area contributed by atoms with E-state index in [-0.39, 0.29) is 5.82 Å². The summed E-state index contributed by atoms with van der Waals surface area (Å²) in [7, 11) is 0. The van der Waals surface area contributed by atoms with Gasteiger partial charge in [0.2, 0.25) is 0 Å². The highest BCUT2D eigenvalue weighted by molar-refractivity contribution is 5.31. The molecule has 1 rings (SSSR count). The van der Waals surface area contributed by atoms with Gasteiger partial charge in [-0.25, -0.2) is 4.39 Å². The van der Waals surface area contributed by atoms with E-state index < -0.39 is 0 Å². The zero-order valence-corrected chi connectivity index (χ0v) is 4.69. The van der Waals surface area contributed by atoms with E-state index >= 15 is 0 Å². The highest BCUT2D eigenvalue weighted by Crippen LogP contribution is 1.99. The van der Waals surface area contributed by atoms with Gasteiger partial charge < -0.3 is 0 Å². The molecule has 0 N–H and O–H groups in total. The van der Waals surface area contributed by atoms with Crippen LogP contribution in [0.4, 0.5) is 4.39 Å². The maximum Gasteiger partial charge on any atom is 0.125 e. The smallest absolute Gasteiger partial charge is 0.125 e. The maximum absolute atomic E-state index is 12.2. The Kier molecular flexibility index (Phi) is 1.51. The van der Waals surface area contributed by atoms with Gasteiger partial charge in [0.25, 0.3) is 0 Å². The van der Waals surface area contributed by atoms with Gasteiger partial charge in [0, 0.05) is 5.56 Å². The van der Waals surface area contributed by atoms with Crippen LogP contribution >= 0.6 is 0 Å². The van der Waals surface area contributed by atoms with Crippen molar-refractivity contribution >= 4 is 0 Å². The van der Waals surface area contributed by atoms with E-state index in [9.17, 15) is 4.39 Å². The van der Waals surface area contributed by atoms with Crippen LogP contribution in [0.1, 0.15) is 5.56 Å². The molecular formula is C8H4F. The maximum atomic E-state index is 12.2. The first-order valence-corrected chi connectivity index (χ1v) is 2.46. The van der Waals surface area contributed by atoms with Crippen LogP contribution in [0.2, 0.25) is 0 Å². The summed E-state index contributed by atoms with van der Waals surface area (Å²) in [5.41, 5.74) is 0.523. The molecule has 1 aromatic rings. The number of hydrogen-bond donors (Lipinski definition) is 0. The number of halogens is 1. The first kappa shape index (κ1) is 5.84. The van der Waals surface area contributed by atoms with Gasteiger partial charge in [-0.2, -0.15) is 0 Å². The quantitative estimate of drug-likeness (QED) is 0.455. The molecular weight excluding hydrogens is 115 g/mol. The van der Waals surface area contributed by atoms with Gasteiger partial charge in [-0.3, -0.25) is 0 Å². The lowest BCUT2D eigenvalue weighted by Gasteiger charge is -1.86. The normalized spacial score (nSPS) is 8.44. The van der Waals surface area contributed by atoms with Crippen molar-refractivity contribution in [2.45, 2.75) is 0 Å². The fourth-order valence-corrected chi connectivity index (χ4v) is 0.526. The molecule has 0 bridgehead atoms. The molecule has 43 valence electrons. The fourth-order valence-electron chi connectivity index (χ4n) is 0.526. The summed E-state index contributed by atoms with van der Waals surface area (Å²) in [4.78, 5) is 0. The van der Waals surface area contributed by atoms with Gasteiger partial charge in [0.15, 0.2) is 0 Å². The van der Waals surface area contributed by atoms with Crippen molar-refractivity contribution in [3.05, 3.63) is 35.6 Å². The molecule has 1 heteroatoms. The highest BCUT2D eigenvalue weighted by Gasteiger charge is 1.87. The summed E-state index contributed by atoms with van der Waals surface area (Å²) in [6, 6.07) is 6.65. The summed E-state index contributed by atoms with van der Waals surface area (Å²) in [5, 5.41) is 0. The summed E-state index contributed by atoms with van der Waals surface area (Å²) in [6.07, 6.45) is 4.98. The van der Waals surface area contributed by atoms with Crippen molar-refractivity contribution in [3.63, 3.8) is 0 Å². The second-order valence-electron chi connectivity index (χ2n) is 1.58. The topological polar surface area (TPSA) is 0 Å². The van der Waals surface area contributed by atoms with Crippen LogP contribution in [0.15, 0.2) is 18.2 Å². The van der Waals surface area contributed by atoms with Crippen LogP contribution in [-0.2, 0) is 0 Å². The van der Waals surface area contributed by atoms with Crippen LogP contribution in [0.3, 0.4) is 0 Å². The SMILES string of the molecule is C#Cc1c[c]cc(F)c1. The van der Waals surface area contributed by atoms with Gasteiger partial charge in [-0.1, -0.05) is 5.92 Å². The number of rotatable bonds is 0. The summed E-state index contributed by atoms with van der Waals surface area (Å²) >= 11 is 0. The molecule has 0 unspecified atom stereocenters. The van der Waals surface area contributed by atoms with E-state index in [1.54, 1.807) is 6.07 Å². The first-order valence-electron chi connectivity index (χ1n) is 2.46. The zero-order valence-electron chi connectivity index (χ0n) is 4.69. The standard InChI is InChI=1S/C8H4F/c1-2-7-4-3-5-8(9)6-7/h1,4-6H. The van der Waals surface area contributed by atoms with Gasteiger partial charge in [0.05, 0.1) is 0 Å². The second kappa shape index (κ2) is 2.32. The minimum absolute atomic E-state index is 0.342. The number of terminal acetylenes is 1. The van der Waals surface area contributed by atoms with E-state index in [1.807, 2.05) is 0 Å². The fraction of sp³-hybridized carbons (Fsp3) is 0. The minimum atomic E-state index is -0.342. The Balaban J connectivity index is 3.12. The van der Waals surface area contributed by atoms with Crippen molar-refractivity contribution in [3.8, 4) is 12.3 Å². The molecule has 0 fully saturated rings. The van der Waals surface area contributed by atoms with Crippen LogP contribution in [0.5, 0.6) is 0 Å². The second-order valence-corrected chi connectivity index (χ2v) is 1.58. The van der Waals surface area contributed by atoms with E-state index in [2.05, 4.69) is 12.0 Å². The molecule has 0 aliphatic heterocycles. The molecule has 0 amide bonds. The van der Waals surface area contributed by atoms with Crippen molar-refractivity contribution in [1.82, 2.24) is 0 Å². The van der Waals surface area contributed by atoms with Crippen molar-refractivity contribution in [2.75, 3.05) is 0 Å². The van der Waals surface area contributed by atoms with E-state index in [4.69, 9.17) is 6.42 Å². The van der Waals surface area contributed by atoms with Crippen molar-refractivity contribution in [1.29, 1.82) is 0 Å². The molecule has 0 nitrogen and oxygen atoms in total. The van der Waals surface area contributed by atoms with Crippen LogP contribution < -0.4 is 0 Å². The largest absolute Gasteiger partial charge is 0.207 e.